The summed E-state index contributed by atoms with van der Waals surface area (Å²) in [5.74, 6) is 1.20. The number of fused-ring (bicyclic) bond motifs is 2. The molecule has 0 radical (unpaired) electrons. The SMILES string of the molecule is Cc1ccccc1/C=C1\Oc2cc(OC(=O)c3ccc4c(c3)OCO4)ccc2C1=O. The topological polar surface area (TPSA) is 71.1 Å². The zero-order valence-corrected chi connectivity index (χ0v) is 16.0. The van der Waals surface area contributed by atoms with E-state index in [2.05, 4.69) is 0 Å². The van der Waals surface area contributed by atoms with Crippen molar-refractivity contribution >= 4 is 17.8 Å². The molecule has 3 aromatic rings. The highest BCUT2D eigenvalue weighted by Crippen LogP contribution is 2.36. The lowest BCUT2D eigenvalue weighted by molar-refractivity contribution is 0.0734. The van der Waals surface area contributed by atoms with E-state index in [1.165, 1.54) is 6.07 Å². The minimum atomic E-state index is -0.548. The van der Waals surface area contributed by atoms with Crippen molar-refractivity contribution in [2.75, 3.05) is 6.79 Å². The second kappa shape index (κ2) is 7.08. The summed E-state index contributed by atoms with van der Waals surface area (Å²) in [5.41, 5.74) is 2.70. The van der Waals surface area contributed by atoms with Crippen LogP contribution in [0.1, 0.15) is 31.8 Å². The Hall–Kier alpha value is -4.06. The number of rotatable bonds is 3. The predicted octanol–water partition coefficient (Wildman–Crippen LogP) is 4.56. The highest BCUT2D eigenvalue weighted by atomic mass is 16.7. The molecule has 0 amide bonds. The molecule has 0 fully saturated rings. The van der Waals surface area contributed by atoms with Gasteiger partial charge in [0, 0.05) is 6.07 Å². The van der Waals surface area contributed by atoms with E-state index in [1.807, 2.05) is 31.2 Å². The van der Waals surface area contributed by atoms with Gasteiger partial charge in [-0.3, -0.25) is 4.79 Å². The molecule has 6 nitrogen and oxygen atoms in total. The van der Waals surface area contributed by atoms with Crippen molar-refractivity contribution in [3.8, 4) is 23.0 Å². The van der Waals surface area contributed by atoms with Gasteiger partial charge in [-0.15, -0.1) is 0 Å². The van der Waals surface area contributed by atoms with Crippen LogP contribution in [0.2, 0.25) is 0 Å². The van der Waals surface area contributed by atoms with Crippen LogP contribution in [0.15, 0.2) is 66.4 Å². The zero-order valence-electron chi connectivity index (χ0n) is 16.0. The summed E-state index contributed by atoms with van der Waals surface area (Å²) in [6.07, 6.45) is 1.72. The van der Waals surface area contributed by atoms with E-state index in [0.29, 0.717) is 28.4 Å². The Morgan fingerprint density at radius 1 is 0.967 bits per heavy atom. The monoisotopic (exact) mass is 400 g/mol. The fourth-order valence-corrected chi connectivity index (χ4v) is 3.31. The van der Waals surface area contributed by atoms with E-state index in [4.69, 9.17) is 18.9 Å². The average molecular weight is 400 g/mol. The van der Waals surface area contributed by atoms with Crippen molar-refractivity contribution in [2.24, 2.45) is 0 Å². The molecular weight excluding hydrogens is 384 g/mol. The standard InChI is InChI=1S/C24H16O6/c1-14-4-2-3-5-15(14)10-22-23(25)18-8-7-17(12-20(18)30-22)29-24(26)16-6-9-19-21(11-16)28-13-27-19/h2-12H,13H2,1H3/b22-10-. The fraction of sp³-hybridized carbons (Fsp3) is 0.0833. The molecule has 30 heavy (non-hydrogen) atoms. The molecule has 2 aliphatic heterocycles. The van der Waals surface area contributed by atoms with Gasteiger partial charge in [0.25, 0.3) is 0 Å². The number of Topliss-reactive ketones (excluding diaryl/α,β-unsaturated/α-hetero) is 1. The molecule has 0 spiro atoms. The number of carbonyl (C=O) groups is 2. The normalized spacial score (nSPS) is 15.1. The van der Waals surface area contributed by atoms with Crippen molar-refractivity contribution in [2.45, 2.75) is 6.92 Å². The summed E-state index contributed by atoms with van der Waals surface area (Å²) in [6, 6.07) is 17.3. The number of carbonyl (C=O) groups excluding carboxylic acids is 2. The summed E-state index contributed by atoms with van der Waals surface area (Å²) < 4.78 is 21.7. The van der Waals surface area contributed by atoms with Gasteiger partial charge >= 0.3 is 5.97 Å². The molecule has 5 rings (SSSR count). The van der Waals surface area contributed by atoms with Crippen LogP contribution in [-0.2, 0) is 0 Å². The van der Waals surface area contributed by atoms with Crippen molar-refractivity contribution in [1.82, 2.24) is 0 Å². The lowest BCUT2D eigenvalue weighted by Gasteiger charge is -2.06. The molecule has 0 bridgehead atoms. The Balaban J connectivity index is 1.37. The van der Waals surface area contributed by atoms with Crippen LogP contribution >= 0.6 is 0 Å². The van der Waals surface area contributed by atoms with Crippen LogP contribution in [0.5, 0.6) is 23.0 Å². The number of hydrogen-bond acceptors (Lipinski definition) is 6. The number of aryl methyl sites for hydroxylation is 1. The van der Waals surface area contributed by atoms with Crippen LogP contribution in [-0.4, -0.2) is 18.5 Å². The second-order valence-corrected chi connectivity index (χ2v) is 6.91. The van der Waals surface area contributed by atoms with Gasteiger partial charge < -0.3 is 18.9 Å². The summed E-state index contributed by atoms with van der Waals surface area (Å²) in [7, 11) is 0. The Morgan fingerprint density at radius 3 is 2.67 bits per heavy atom. The molecule has 0 aliphatic carbocycles. The lowest BCUT2D eigenvalue weighted by atomic mass is 10.1. The Kier molecular flexibility index (Phi) is 4.25. The third-order valence-corrected chi connectivity index (χ3v) is 4.94. The van der Waals surface area contributed by atoms with E-state index in [1.54, 1.807) is 36.4 Å². The minimum Gasteiger partial charge on any atom is -0.454 e. The van der Waals surface area contributed by atoms with Gasteiger partial charge in [0.05, 0.1) is 11.1 Å². The van der Waals surface area contributed by atoms with E-state index >= 15 is 0 Å². The molecule has 148 valence electrons. The van der Waals surface area contributed by atoms with Gasteiger partial charge in [-0.25, -0.2) is 4.79 Å². The van der Waals surface area contributed by atoms with Gasteiger partial charge in [0.15, 0.2) is 17.3 Å². The minimum absolute atomic E-state index is 0.127. The third kappa shape index (κ3) is 3.18. The molecule has 0 atom stereocenters. The molecule has 0 saturated heterocycles. The average Bonchev–Trinajstić information content (AvgIpc) is 3.33. The number of benzene rings is 3. The van der Waals surface area contributed by atoms with Crippen LogP contribution in [0.4, 0.5) is 0 Å². The van der Waals surface area contributed by atoms with Gasteiger partial charge in [0.1, 0.15) is 11.5 Å². The quantitative estimate of drug-likeness (QED) is 0.365. The van der Waals surface area contributed by atoms with Crippen molar-refractivity contribution < 1.29 is 28.5 Å². The van der Waals surface area contributed by atoms with Crippen LogP contribution in [0, 0.1) is 6.92 Å². The summed E-state index contributed by atoms with van der Waals surface area (Å²) >= 11 is 0. The Morgan fingerprint density at radius 2 is 1.80 bits per heavy atom. The number of allylic oxidation sites excluding steroid dienone is 1. The van der Waals surface area contributed by atoms with Crippen LogP contribution in [0.25, 0.3) is 6.08 Å². The molecule has 3 aromatic carbocycles. The second-order valence-electron chi connectivity index (χ2n) is 6.91. The molecule has 6 heteroatoms. The van der Waals surface area contributed by atoms with Crippen molar-refractivity contribution in [1.29, 1.82) is 0 Å². The molecule has 0 unspecified atom stereocenters. The first-order chi connectivity index (χ1) is 14.6. The largest absolute Gasteiger partial charge is 0.454 e. The predicted molar refractivity (Wildman–Crippen MR) is 108 cm³/mol. The first kappa shape index (κ1) is 18.0. The van der Waals surface area contributed by atoms with Gasteiger partial charge in [0.2, 0.25) is 12.6 Å². The third-order valence-electron chi connectivity index (χ3n) is 4.94. The maximum atomic E-state index is 12.6. The van der Waals surface area contributed by atoms with Gasteiger partial charge in [-0.2, -0.15) is 0 Å². The highest BCUT2D eigenvalue weighted by molar-refractivity contribution is 6.14. The molecule has 0 saturated carbocycles. The first-order valence-corrected chi connectivity index (χ1v) is 9.34. The van der Waals surface area contributed by atoms with Crippen molar-refractivity contribution in [3.05, 3.63) is 88.7 Å². The maximum absolute atomic E-state index is 12.6. The van der Waals surface area contributed by atoms with E-state index in [-0.39, 0.29) is 24.1 Å². The molecular formula is C24H16O6. The summed E-state index contributed by atoms with van der Waals surface area (Å²) in [4.78, 5) is 25.1. The molecule has 0 aromatic heterocycles. The molecule has 2 heterocycles. The molecule has 2 aliphatic rings. The number of hydrogen-bond donors (Lipinski definition) is 0. The van der Waals surface area contributed by atoms with Gasteiger partial charge in [-0.1, -0.05) is 24.3 Å². The van der Waals surface area contributed by atoms with Gasteiger partial charge in [-0.05, 0) is 54.5 Å². The summed E-state index contributed by atoms with van der Waals surface area (Å²) in [5, 5.41) is 0. The lowest BCUT2D eigenvalue weighted by Crippen LogP contribution is -2.08. The summed E-state index contributed by atoms with van der Waals surface area (Å²) in [6.45, 7) is 2.09. The van der Waals surface area contributed by atoms with E-state index in [9.17, 15) is 9.59 Å². The number of ether oxygens (including phenoxy) is 4. The fourth-order valence-electron chi connectivity index (χ4n) is 3.31. The molecule has 0 N–H and O–H groups in total. The maximum Gasteiger partial charge on any atom is 0.343 e. The first-order valence-electron chi connectivity index (χ1n) is 9.34. The van der Waals surface area contributed by atoms with Crippen LogP contribution in [0.3, 0.4) is 0 Å². The number of ketones is 1. The Bertz CT molecular complexity index is 1220. The smallest absolute Gasteiger partial charge is 0.343 e. The Labute approximate surface area is 172 Å². The van der Waals surface area contributed by atoms with E-state index < -0.39 is 5.97 Å². The van der Waals surface area contributed by atoms with E-state index in [0.717, 1.165) is 11.1 Å². The van der Waals surface area contributed by atoms with Crippen LogP contribution < -0.4 is 18.9 Å². The van der Waals surface area contributed by atoms with Crippen molar-refractivity contribution in [3.63, 3.8) is 0 Å². The highest BCUT2D eigenvalue weighted by Gasteiger charge is 2.28. The zero-order chi connectivity index (χ0) is 20.7. The number of esters is 1.